The molecule has 0 aliphatic rings. The van der Waals surface area contributed by atoms with Crippen molar-refractivity contribution < 1.29 is 4.79 Å². The van der Waals surface area contributed by atoms with E-state index in [-0.39, 0.29) is 5.78 Å². The highest BCUT2D eigenvalue weighted by atomic mass is 32.1. The maximum Gasteiger partial charge on any atom is 0.212 e. The molecule has 1 heterocycles. The summed E-state index contributed by atoms with van der Waals surface area (Å²) in [4.78, 5) is 16.8. The number of benzene rings is 2. The number of nitrogens with one attached hydrogen (secondary N) is 1. The molecule has 0 bridgehead atoms. The zero-order valence-electron chi connectivity index (χ0n) is 12.0. The van der Waals surface area contributed by atoms with Crippen molar-refractivity contribution in [2.24, 2.45) is 0 Å². The van der Waals surface area contributed by atoms with Gasteiger partial charge < -0.3 is 11.1 Å². The number of carbonyl (C=O) groups excluding carboxylic acids is 1. The number of nitrogen functional groups attached to an aromatic ring is 1. The highest BCUT2D eigenvalue weighted by molar-refractivity contribution is 7.14. The van der Waals surface area contributed by atoms with Crippen LogP contribution in [0.15, 0.2) is 53.9 Å². The Kier molecular flexibility index (Phi) is 3.89. The summed E-state index contributed by atoms with van der Waals surface area (Å²) in [5, 5.41) is 5.63. The van der Waals surface area contributed by atoms with Gasteiger partial charge in [-0.3, -0.25) is 4.79 Å². The standard InChI is InChI=1S/C17H15N3OS/c1-11-4-2-3-5-14(11)16(21)15-10-22-17(20-15)19-13-8-6-12(18)7-9-13/h2-10H,18H2,1H3,(H,19,20). The molecule has 0 radical (unpaired) electrons. The van der Waals surface area contributed by atoms with Crippen molar-refractivity contribution in [3.05, 3.63) is 70.7 Å². The van der Waals surface area contributed by atoms with Crippen LogP contribution in [0.3, 0.4) is 0 Å². The monoisotopic (exact) mass is 309 g/mol. The first-order valence-electron chi connectivity index (χ1n) is 6.82. The first-order valence-corrected chi connectivity index (χ1v) is 7.70. The Labute approximate surface area is 132 Å². The SMILES string of the molecule is Cc1ccccc1C(=O)c1csc(Nc2ccc(N)cc2)n1. The lowest BCUT2D eigenvalue weighted by atomic mass is 10.0. The van der Waals surface area contributed by atoms with Crippen LogP contribution in [0.25, 0.3) is 0 Å². The normalized spacial score (nSPS) is 10.4. The Morgan fingerprint density at radius 2 is 1.86 bits per heavy atom. The Bertz CT molecular complexity index is 809. The summed E-state index contributed by atoms with van der Waals surface area (Å²) in [5.41, 5.74) is 9.35. The molecule has 3 N–H and O–H groups in total. The van der Waals surface area contributed by atoms with Crippen LogP contribution in [0.1, 0.15) is 21.6 Å². The average molecular weight is 309 g/mol. The minimum absolute atomic E-state index is 0.0558. The molecule has 0 amide bonds. The minimum atomic E-state index is -0.0558. The number of thiazole rings is 1. The first-order chi connectivity index (χ1) is 10.6. The molecule has 4 nitrogen and oxygen atoms in total. The molecule has 1 aromatic heterocycles. The molecular weight excluding hydrogens is 294 g/mol. The summed E-state index contributed by atoms with van der Waals surface area (Å²) in [5.74, 6) is -0.0558. The Morgan fingerprint density at radius 3 is 2.59 bits per heavy atom. The van der Waals surface area contributed by atoms with E-state index in [1.165, 1.54) is 11.3 Å². The second kappa shape index (κ2) is 5.99. The van der Waals surface area contributed by atoms with Gasteiger partial charge in [0.15, 0.2) is 5.13 Å². The van der Waals surface area contributed by atoms with Crippen molar-refractivity contribution in [1.29, 1.82) is 0 Å². The van der Waals surface area contributed by atoms with Gasteiger partial charge in [-0.1, -0.05) is 24.3 Å². The number of nitrogens with two attached hydrogens (primary N) is 1. The molecule has 0 saturated heterocycles. The van der Waals surface area contributed by atoms with Gasteiger partial charge in [-0.25, -0.2) is 4.98 Å². The molecular formula is C17H15N3OS. The maximum atomic E-state index is 12.5. The molecule has 0 aliphatic carbocycles. The fraction of sp³-hybridized carbons (Fsp3) is 0.0588. The number of ketones is 1. The number of aryl methyl sites for hydroxylation is 1. The molecule has 0 saturated carbocycles. The van der Waals surface area contributed by atoms with Crippen LogP contribution in [-0.2, 0) is 0 Å². The van der Waals surface area contributed by atoms with Gasteiger partial charge in [0.25, 0.3) is 0 Å². The fourth-order valence-electron chi connectivity index (χ4n) is 2.09. The minimum Gasteiger partial charge on any atom is -0.399 e. The predicted molar refractivity (Wildman–Crippen MR) is 90.9 cm³/mol. The largest absolute Gasteiger partial charge is 0.399 e. The molecule has 0 unspecified atom stereocenters. The number of hydrogen-bond acceptors (Lipinski definition) is 5. The molecule has 3 rings (SSSR count). The lowest BCUT2D eigenvalue weighted by Gasteiger charge is -2.03. The zero-order valence-corrected chi connectivity index (χ0v) is 12.9. The lowest BCUT2D eigenvalue weighted by Crippen LogP contribution is -2.04. The predicted octanol–water partition coefficient (Wildman–Crippen LogP) is 4.01. The summed E-state index contributed by atoms with van der Waals surface area (Å²) < 4.78 is 0. The molecule has 5 heteroatoms. The van der Waals surface area contributed by atoms with E-state index in [2.05, 4.69) is 10.3 Å². The molecule has 110 valence electrons. The van der Waals surface area contributed by atoms with Crippen LogP contribution in [0.5, 0.6) is 0 Å². The number of carbonyl (C=O) groups is 1. The van der Waals surface area contributed by atoms with E-state index < -0.39 is 0 Å². The lowest BCUT2D eigenvalue weighted by molar-refractivity contribution is 0.103. The number of anilines is 3. The van der Waals surface area contributed by atoms with E-state index >= 15 is 0 Å². The van der Waals surface area contributed by atoms with Crippen molar-refractivity contribution >= 4 is 33.6 Å². The van der Waals surface area contributed by atoms with Crippen molar-refractivity contribution in [3.63, 3.8) is 0 Å². The van der Waals surface area contributed by atoms with Crippen molar-refractivity contribution in [2.45, 2.75) is 6.92 Å². The van der Waals surface area contributed by atoms with E-state index in [9.17, 15) is 4.79 Å². The van der Waals surface area contributed by atoms with Gasteiger partial charge in [0, 0.05) is 22.3 Å². The summed E-state index contributed by atoms with van der Waals surface area (Å²) in [7, 11) is 0. The third kappa shape index (κ3) is 2.99. The Balaban J connectivity index is 1.80. The molecule has 0 atom stereocenters. The van der Waals surface area contributed by atoms with Crippen LogP contribution in [-0.4, -0.2) is 10.8 Å². The van der Waals surface area contributed by atoms with Gasteiger partial charge >= 0.3 is 0 Å². The maximum absolute atomic E-state index is 12.5. The zero-order chi connectivity index (χ0) is 15.5. The highest BCUT2D eigenvalue weighted by Gasteiger charge is 2.15. The number of hydrogen-bond donors (Lipinski definition) is 2. The van der Waals surface area contributed by atoms with Crippen LogP contribution in [0.4, 0.5) is 16.5 Å². The molecule has 3 aromatic rings. The second-order valence-corrected chi connectivity index (χ2v) is 5.79. The Morgan fingerprint density at radius 1 is 1.14 bits per heavy atom. The summed E-state index contributed by atoms with van der Waals surface area (Å²) in [6, 6.07) is 14.9. The van der Waals surface area contributed by atoms with Gasteiger partial charge in [0.1, 0.15) is 5.69 Å². The third-order valence-corrected chi connectivity index (χ3v) is 4.05. The summed E-state index contributed by atoms with van der Waals surface area (Å²) >= 11 is 1.40. The van der Waals surface area contributed by atoms with E-state index in [4.69, 9.17) is 5.73 Å². The fourth-order valence-corrected chi connectivity index (χ4v) is 2.80. The van der Waals surface area contributed by atoms with Crippen molar-refractivity contribution in [2.75, 3.05) is 11.1 Å². The average Bonchev–Trinajstić information content (AvgIpc) is 2.98. The number of aromatic nitrogens is 1. The van der Waals surface area contributed by atoms with Gasteiger partial charge in [-0.2, -0.15) is 0 Å². The van der Waals surface area contributed by atoms with Gasteiger partial charge in [0.05, 0.1) is 0 Å². The summed E-state index contributed by atoms with van der Waals surface area (Å²) in [6.07, 6.45) is 0. The van der Waals surface area contributed by atoms with Crippen LogP contribution in [0, 0.1) is 6.92 Å². The highest BCUT2D eigenvalue weighted by Crippen LogP contribution is 2.23. The first kappa shape index (κ1) is 14.3. The van der Waals surface area contributed by atoms with Crippen molar-refractivity contribution in [3.8, 4) is 0 Å². The van der Waals surface area contributed by atoms with E-state index in [1.807, 2.05) is 55.5 Å². The molecule has 0 aliphatic heterocycles. The van der Waals surface area contributed by atoms with E-state index in [0.29, 0.717) is 22.1 Å². The molecule has 0 fully saturated rings. The van der Waals surface area contributed by atoms with Crippen LogP contribution in [0.2, 0.25) is 0 Å². The molecule has 22 heavy (non-hydrogen) atoms. The van der Waals surface area contributed by atoms with Gasteiger partial charge in [-0.05, 0) is 36.8 Å². The second-order valence-electron chi connectivity index (χ2n) is 4.93. The van der Waals surface area contributed by atoms with Crippen LogP contribution >= 0.6 is 11.3 Å². The number of rotatable bonds is 4. The van der Waals surface area contributed by atoms with E-state index in [0.717, 1.165) is 11.3 Å². The summed E-state index contributed by atoms with van der Waals surface area (Å²) in [6.45, 7) is 1.92. The smallest absolute Gasteiger partial charge is 0.212 e. The topological polar surface area (TPSA) is 68.0 Å². The third-order valence-electron chi connectivity index (χ3n) is 3.29. The molecule has 0 spiro atoms. The quantitative estimate of drug-likeness (QED) is 0.564. The van der Waals surface area contributed by atoms with Crippen molar-refractivity contribution in [1.82, 2.24) is 4.98 Å². The van der Waals surface area contributed by atoms with Gasteiger partial charge in [-0.15, -0.1) is 11.3 Å². The van der Waals surface area contributed by atoms with E-state index in [1.54, 1.807) is 5.38 Å². The van der Waals surface area contributed by atoms with Crippen LogP contribution < -0.4 is 11.1 Å². The Hall–Kier alpha value is -2.66. The van der Waals surface area contributed by atoms with Gasteiger partial charge in [0.2, 0.25) is 5.78 Å². The molecule has 2 aromatic carbocycles. The number of nitrogens with zero attached hydrogens (tertiary/aromatic N) is 1.